The van der Waals surface area contributed by atoms with Crippen molar-refractivity contribution in [2.24, 2.45) is 5.92 Å². The number of halogens is 3. The molecule has 4 heteroatoms. The zero-order chi connectivity index (χ0) is 24.4. The number of rotatable bonds is 7. The highest BCUT2D eigenvalue weighted by molar-refractivity contribution is 6.36. The molecule has 0 atom stereocenters. The average Bonchev–Trinajstić information content (AvgIpc) is 3.00. The van der Waals surface area contributed by atoms with Gasteiger partial charge in [-0.2, -0.15) is 0 Å². The van der Waals surface area contributed by atoms with Gasteiger partial charge >= 0.3 is 0 Å². The molecule has 35 heavy (non-hydrogen) atoms. The number of fused-ring (bicyclic) bond motifs is 1. The molecule has 0 saturated carbocycles. The average molecular weight is 509 g/mol. The number of hydrogen-bond acceptors (Lipinski definition) is 1. The largest absolute Gasteiger partial charge is 0.303 e. The van der Waals surface area contributed by atoms with Crippen LogP contribution in [0.1, 0.15) is 52.6 Å². The van der Waals surface area contributed by atoms with Crippen molar-refractivity contribution in [3.8, 4) is 0 Å². The summed E-state index contributed by atoms with van der Waals surface area (Å²) in [6, 6.07) is 21.6. The molecule has 0 unspecified atom stereocenters. The van der Waals surface area contributed by atoms with E-state index in [-0.39, 0.29) is 6.67 Å². The zero-order valence-electron chi connectivity index (χ0n) is 20.3. The van der Waals surface area contributed by atoms with Gasteiger partial charge < -0.3 is 4.90 Å². The van der Waals surface area contributed by atoms with Gasteiger partial charge in [0.05, 0.1) is 6.67 Å². The summed E-state index contributed by atoms with van der Waals surface area (Å²) in [6.07, 6.45) is 4.86. The molecule has 3 aromatic rings. The topological polar surface area (TPSA) is 3.24 Å². The van der Waals surface area contributed by atoms with Gasteiger partial charge in [-0.3, -0.25) is 4.39 Å². The van der Waals surface area contributed by atoms with Gasteiger partial charge in [-0.05, 0) is 102 Å². The quantitative estimate of drug-likeness (QED) is 0.310. The van der Waals surface area contributed by atoms with E-state index in [0.29, 0.717) is 22.4 Å². The summed E-state index contributed by atoms with van der Waals surface area (Å²) in [6.45, 7) is 5.06. The van der Waals surface area contributed by atoms with E-state index in [4.69, 9.17) is 23.2 Å². The van der Waals surface area contributed by atoms with Crippen molar-refractivity contribution >= 4 is 34.3 Å². The summed E-state index contributed by atoms with van der Waals surface area (Å²) in [4.78, 5) is 2.36. The van der Waals surface area contributed by atoms with Crippen molar-refractivity contribution in [2.75, 3.05) is 26.3 Å². The zero-order valence-corrected chi connectivity index (χ0v) is 21.8. The van der Waals surface area contributed by atoms with E-state index >= 15 is 0 Å². The van der Waals surface area contributed by atoms with Crippen LogP contribution < -0.4 is 0 Å². The number of aryl methyl sites for hydroxylation is 2. The van der Waals surface area contributed by atoms with Crippen LogP contribution in [0.15, 0.2) is 60.7 Å². The summed E-state index contributed by atoms with van der Waals surface area (Å²) < 4.78 is 12.4. The van der Waals surface area contributed by atoms with E-state index < -0.39 is 0 Å². The number of hydrogen-bond donors (Lipinski definition) is 0. The van der Waals surface area contributed by atoms with Gasteiger partial charge in [0.2, 0.25) is 0 Å². The van der Waals surface area contributed by atoms with E-state index in [9.17, 15) is 4.39 Å². The van der Waals surface area contributed by atoms with Crippen molar-refractivity contribution in [1.29, 1.82) is 0 Å². The van der Waals surface area contributed by atoms with Crippen LogP contribution in [0.25, 0.3) is 11.1 Å². The van der Waals surface area contributed by atoms with E-state index in [1.165, 1.54) is 39.0 Å². The van der Waals surface area contributed by atoms with Gasteiger partial charge in [0.15, 0.2) is 0 Å². The van der Waals surface area contributed by atoms with Crippen LogP contribution in [-0.4, -0.2) is 31.2 Å². The maximum atomic E-state index is 12.4. The number of alkyl halides is 1. The number of allylic oxidation sites excluding steroid dienone is 1. The first-order chi connectivity index (χ1) is 17.0. The molecule has 0 amide bonds. The molecule has 1 fully saturated rings. The van der Waals surface area contributed by atoms with Gasteiger partial charge in [0.25, 0.3) is 0 Å². The third-order valence-corrected chi connectivity index (χ3v) is 7.99. The molecule has 1 aliphatic carbocycles. The number of benzene rings is 3. The third-order valence-electron chi connectivity index (χ3n) is 7.44. The van der Waals surface area contributed by atoms with Crippen LogP contribution in [-0.2, 0) is 12.8 Å². The first-order valence-electron chi connectivity index (χ1n) is 12.7. The molecule has 1 nitrogen and oxygen atoms in total. The SMILES string of the molecule is Cc1cc(CC2CN(CCCF)C2)ccc1C1=C(c2ccc(Cl)cc2Cl)CCCc2ccccc21. The monoisotopic (exact) mass is 507 g/mol. The fourth-order valence-electron chi connectivity index (χ4n) is 5.78. The lowest BCUT2D eigenvalue weighted by Crippen LogP contribution is -2.47. The molecule has 0 spiro atoms. The molecule has 1 saturated heterocycles. The van der Waals surface area contributed by atoms with Crippen molar-refractivity contribution in [3.05, 3.63) is 104 Å². The van der Waals surface area contributed by atoms with Gasteiger partial charge in [-0.25, -0.2) is 0 Å². The summed E-state index contributed by atoms with van der Waals surface area (Å²) in [7, 11) is 0. The molecular weight excluding hydrogens is 476 g/mol. The summed E-state index contributed by atoms with van der Waals surface area (Å²) >= 11 is 13.0. The third kappa shape index (κ3) is 5.35. The number of likely N-dealkylation sites (tertiary alicyclic amines) is 1. The lowest BCUT2D eigenvalue weighted by molar-refractivity contribution is 0.0968. The predicted octanol–water partition coefficient (Wildman–Crippen LogP) is 8.43. The lowest BCUT2D eigenvalue weighted by atomic mass is 9.84. The Labute approximate surface area is 218 Å². The Hall–Kier alpha value is -2.13. The minimum atomic E-state index is -0.218. The van der Waals surface area contributed by atoms with E-state index in [0.717, 1.165) is 50.9 Å². The number of nitrogens with zero attached hydrogens (tertiary/aromatic N) is 1. The molecule has 182 valence electrons. The minimum Gasteiger partial charge on any atom is -0.303 e. The summed E-state index contributed by atoms with van der Waals surface area (Å²) in [5.74, 6) is 0.668. The van der Waals surface area contributed by atoms with Gasteiger partial charge in [0, 0.05) is 29.7 Å². The fourth-order valence-corrected chi connectivity index (χ4v) is 6.30. The van der Waals surface area contributed by atoms with Crippen LogP contribution >= 0.6 is 23.2 Å². The molecule has 3 aromatic carbocycles. The second-order valence-corrected chi connectivity index (χ2v) is 10.9. The van der Waals surface area contributed by atoms with Crippen molar-refractivity contribution < 1.29 is 4.39 Å². The highest BCUT2D eigenvalue weighted by atomic mass is 35.5. The predicted molar refractivity (Wildman–Crippen MR) is 147 cm³/mol. The molecule has 0 aromatic heterocycles. The van der Waals surface area contributed by atoms with Crippen LogP contribution in [0, 0.1) is 12.8 Å². The van der Waals surface area contributed by atoms with E-state index in [1.807, 2.05) is 12.1 Å². The molecule has 1 aliphatic heterocycles. The molecule has 1 heterocycles. The van der Waals surface area contributed by atoms with Crippen LogP contribution in [0.2, 0.25) is 10.0 Å². The van der Waals surface area contributed by atoms with Crippen LogP contribution in [0.5, 0.6) is 0 Å². The first-order valence-corrected chi connectivity index (χ1v) is 13.4. The van der Waals surface area contributed by atoms with Crippen LogP contribution in [0.3, 0.4) is 0 Å². The molecule has 0 N–H and O–H groups in total. The van der Waals surface area contributed by atoms with Gasteiger partial charge in [0.1, 0.15) is 0 Å². The maximum Gasteiger partial charge on any atom is 0.0906 e. The van der Waals surface area contributed by atoms with E-state index in [2.05, 4.69) is 60.4 Å². The Morgan fingerprint density at radius 3 is 2.49 bits per heavy atom. The van der Waals surface area contributed by atoms with Gasteiger partial charge in [-0.1, -0.05) is 71.7 Å². The van der Waals surface area contributed by atoms with Crippen LogP contribution in [0.4, 0.5) is 4.39 Å². The smallest absolute Gasteiger partial charge is 0.0906 e. The van der Waals surface area contributed by atoms with Crippen molar-refractivity contribution in [2.45, 2.75) is 39.0 Å². The normalized spacial score (nSPS) is 16.7. The Bertz CT molecular complexity index is 1240. The molecule has 2 aliphatic rings. The molecular formula is C31H32Cl2FN. The lowest BCUT2D eigenvalue weighted by Gasteiger charge is -2.39. The first kappa shape index (κ1) is 24.6. The van der Waals surface area contributed by atoms with Crippen molar-refractivity contribution in [3.63, 3.8) is 0 Å². The standard InChI is InChI=1S/C31H32Cl2FN/c1-21-16-22(17-23-19-35(20-23)15-5-14-34)10-12-26(21)31-27-8-3-2-6-24(27)7-4-9-29(31)28-13-11-25(32)18-30(28)33/h2-3,6,8,10-13,16,18,23H,4-5,7,9,14-15,17,19-20H2,1H3. The Kier molecular flexibility index (Phi) is 7.62. The second kappa shape index (κ2) is 10.9. The molecule has 0 bridgehead atoms. The Morgan fingerprint density at radius 2 is 1.71 bits per heavy atom. The van der Waals surface area contributed by atoms with Gasteiger partial charge in [-0.15, -0.1) is 0 Å². The maximum absolute atomic E-state index is 12.4. The summed E-state index contributed by atoms with van der Waals surface area (Å²) in [5.41, 5.74) is 10.3. The molecule has 0 radical (unpaired) electrons. The minimum absolute atomic E-state index is 0.218. The highest BCUT2D eigenvalue weighted by Gasteiger charge is 2.27. The fraction of sp³-hybridized carbons (Fsp3) is 0.355. The molecule has 5 rings (SSSR count). The summed E-state index contributed by atoms with van der Waals surface area (Å²) in [5, 5.41) is 1.37. The van der Waals surface area contributed by atoms with E-state index in [1.54, 1.807) is 0 Å². The Balaban J connectivity index is 1.51. The highest BCUT2D eigenvalue weighted by Crippen LogP contribution is 2.43. The van der Waals surface area contributed by atoms with Crippen molar-refractivity contribution in [1.82, 2.24) is 4.90 Å². The second-order valence-electron chi connectivity index (χ2n) is 10.0. The Morgan fingerprint density at radius 1 is 0.914 bits per heavy atom.